The maximum atomic E-state index is 12.8. The van der Waals surface area contributed by atoms with Crippen LogP contribution in [0.3, 0.4) is 0 Å². The summed E-state index contributed by atoms with van der Waals surface area (Å²) in [6, 6.07) is 14.7. The van der Waals surface area contributed by atoms with E-state index in [-0.39, 0.29) is 11.8 Å². The van der Waals surface area contributed by atoms with Crippen LogP contribution in [0.25, 0.3) is 0 Å². The van der Waals surface area contributed by atoms with Gasteiger partial charge in [0.1, 0.15) is 0 Å². The Hall–Kier alpha value is -2.37. The van der Waals surface area contributed by atoms with Crippen LogP contribution in [0, 0.1) is 5.92 Å². The summed E-state index contributed by atoms with van der Waals surface area (Å²) < 4.78 is 4.79. The minimum atomic E-state index is -0.461. The van der Waals surface area contributed by atoms with Crippen molar-refractivity contribution in [1.29, 1.82) is 0 Å². The van der Waals surface area contributed by atoms with Crippen molar-refractivity contribution in [3.8, 4) is 0 Å². The summed E-state index contributed by atoms with van der Waals surface area (Å²) in [6.07, 6.45) is 1.79. The second-order valence-electron chi connectivity index (χ2n) is 6.73. The van der Waals surface area contributed by atoms with Crippen molar-refractivity contribution in [2.75, 3.05) is 25.5 Å². The number of nitrogens with zero attached hydrogens (tertiary/aromatic N) is 1. The van der Waals surface area contributed by atoms with Crippen molar-refractivity contribution in [2.24, 2.45) is 5.92 Å². The first-order valence-electron chi connectivity index (χ1n) is 9.02. The van der Waals surface area contributed by atoms with E-state index < -0.39 is 5.97 Å². The molecule has 1 fully saturated rings. The van der Waals surface area contributed by atoms with Crippen molar-refractivity contribution >= 4 is 29.2 Å². The fraction of sp³-hybridized carbons (Fsp3) is 0.333. The number of hydrogen-bond donors (Lipinski definition) is 1. The van der Waals surface area contributed by atoms with Crippen LogP contribution in [0.5, 0.6) is 0 Å². The summed E-state index contributed by atoms with van der Waals surface area (Å²) in [7, 11) is 1.33. The van der Waals surface area contributed by atoms with E-state index in [0.29, 0.717) is 17.8 Å². The molecule has 0 bridgehead atoms. The molecule has 1 aliphatic rings. The molecule has 6 heteroatoms. The van der Waals surface area contributed by atoms with Gasteiger partial charge in [0, 0.05) is 18.1 Å². The maximum absolute atomic E-state index is 12.8. The number of ether oxygens (including phenoxy) is 1. The highest BCUT2D eigenvalue weighted by Gasteiger charge is 2.26. The lowest BCUT2D eigenvalue weighted by atomic mass is 9.96. The Kier molecular flexibility index (Phi) is 6.48. The Morgan fingerprint density at radius 2 is 2.04 bits per heavy atom. The molecule has 0 spiro atoms. The number of amides is 1. The summed E-state index contributed by atoms with van der Waals surface area (Å²) in [4.78, 5) is 26.9. The number of rotatable bonds is 5. The third-order valence-electron chi connectivity index (χ3n) is 4.76. The highest BCUT2D eigenvalue weighted by Crippen LogP contribution is 2.23. The largest absolute Gasteiger partial charge is 0.465 e. The molecule has 5 nitrogen and oxygen atoms in total. The molecule has 0 aliphatic carbocycles. The Morgan fingerprint density at radius 3 is 2.81 bits per heavy atom. The van der Waals surface area contributed by atoms with Crippen LogP contribution in [0.2, 0.25) is 5.02 Å². The Morgan fingerprint density at radius 1 is 1.22 bits per heavy atom. The number of anilines is 1. The third kappa shape index (κ3) is 5.08. The first kappa shape index (κ1) is 19.4. The molecule has 0 aromatic heterocycles. The number of halogens is 1. The number of esters is 1. The molecule has 1 atom stereocenters. The number of piperidine rings is 1. The van der Waals surface area contributed by atoms with E-state index in [1.165, 1.54) is 7.11 Å². The molecule has 1 N–H and O–H groups in total. The lowest BCUT2D eigenvalue weighted by Crippen LogP contribution is -2.40. The van der Waals surface area contributed by atoms with Crippen LogP contribution < -0.4 is 5.32 Å². The monoisotopic (exact) mass is 386 g/mol. The van der Waals surface area contributed by atoms with Gasteiger partial charge in [-0.1, -0.05) is 35.9 Å². The smallest absolute Gasteiger partial charge is 0.339 e. The number of likely N-dealkylation sites (tertiary alicyclic amines) is 1. The first-order valence-corrected chi connectivity index (χ1v) is 9.39. The van der Waals surface area contributed by atoms with Crippen molar-refractivity contribution in [3.63, 3.8) is 0 Å². The molecule has 0 radical (unpaired) electrons. The molecule has 1 amide bonds. The van der Waals surface area contributed by atoms with Gasteiger partial charge in [-0.3, -0.25) is 9.69 Å². The molecule has 1 aliphatic heterocycles. The van der Waals surface area contributed by atoms with Crippen LogP contribution in [0.4, 0.5) is 5.69 Å². The van der Waals surface area contributed by atoms with E-state index in [9.17, 15) is 9.59 Å². The zero-order chi connectivity index (χ0) is 19.2. The Bertz CT molecular complexity index is 825. The highest BCUT2D eigenvalue weighted by molar-refractivity contribution is 6.30. The minimum absolute atomic E-state index is 0.0675. The average molecular weight is 387 g/mol. The standard InChI is InChI=1S/C21H23ClN2O3/c1-27-21(26)18-9-2-3-10-19(18)23-20(25)16-7-5-11-24(14-16)13-15-6-4-8-17(22)12-15/h2-4,6,8-10,12,16H,5,7,11,13-14H2,1H3,(H,23,25). The van der Waals surface area contributed by atoms with E-state index in [1.54, 1.807) is 24.3 Å². The molecule has 27 heavy (non-hydrogen) atoms. The second-order valence-corrected chi connectivity index (χ2v) is 7.17. The SMILES string of the molecule is COC(=O)c1ccccc1NC(=O)C1CCCN(Cc2cccc(Cl)c2)C1. The Balaban J connectivity index is 1.64. The molecule has 2 aromatic carbocycles. The number of methoxy groups -OCH3 is 1. The predicted octanol–water partition coefficient (Wildman–Crippen LogP) is 3.98. The normalized spacial score (nSPS) is 17.3. The van der Waals surface area contributed by atoms with Gasteiger partial charge in [-0.15, -0.1) is 0 Å². The zero-order valence-electron chi connectivity index (χ0n) is 15.3. The highest BCUT2D eigenvalue weighted by atomic mass is 35.5. The lowest BCUT2D eigenvalue weighted by molar-refractivity contribution is -0.121. The number of carbonyl (C=O) groups excluding carboxylic acids is 2. The van der Waals surface area contributed by atoms with Crippen molar-refractivity contribution < 1.29 is 14.3 Å². The second kappa shape index (κ2) is 9.02. The quantitative estimate of drug-likeness (QED) is 0.790. The van der Waals surface area contributed by atoms with E-state index in [0.717, 1.165) is 36.5 Å². The fourth-order valence-electron chi connectivity index (χ4n) is 3.42. The molecule has 2 aromatic rings. The van der Waals surface area contributed by atoms with Gasteiger partial charge in [0.05, 0.1) is 24.3 Å². The van der Waals surface area contributed by atoms with Crippen LogP contribution in [-0.2, 0) is 16.1 Å². The van der Waals surface area contributed by atoms with Gasteiger partial charge < -0.3 is 10.1 Å². The molecule has 3 rings (SSSR count). The Labute approximate surface area is 164 Å². The maximum Gasteiger partial charge on any atom is 0.339 e. The molecular formula is C21H23ClN2O3. The summed E-state index contributed by atoms with van der Waals surface area (Å²) in [6.45, 7) is 2.40. The van der Waals surface area contributed by atoms with E-state index >= 15 is 0 Å². The molecule has 1 saturated heterocycles. The van der Waals surface area contributed by atoms with Crippen LogP contribution in [0.1, 0.15) is 28.8 Å². The van der Waals surface area contributed by atoms with Gasteiger partial charge in [0.2, 0.25) is 5.91 Å². The van der Waals surface area contributed by atoms with Gasteiger partial charge in [0.15, 0.2) is 0 Å². The van der Waals surface area contributed by atoms with Crippen molar-refractivity contribution in [2.45, 2.75) is 19.4 Å². The van der Waals surface area contributed by atoms with E-state index in [2.05, 4.69) is 10.2 Å². The number of para-hydroxylation sites is 1. The average Bonchev–Trinajstić information content (AvgIpc) is 2.68. The van der Waals surface area contributed by atoms with Gasteiger partial charge >= 0.3 is 5.97 Å². The van der Waals surface area contributed by atoms with Crippen LogP contribution in [-0.4, -0.2) is 37.0 Å². The number of benzene rings is 2. The fourth-order valence-corrected chi connectivity index (χ4v) is 3.63. The molecular weight excluding hydrogens is 364 g/mol. The summed E-state index contributed by atoms with van der Waals surface area (Å²) >= 11 is 6.06. The van der Waals surface area contributed by atoms with Crippen LogP contribution >= 0.6 is 11.6 Å². The van der Waals surface area contributed by atoms with Crippen molar-refractivity contribution in [1.82, 2.24) is 4.90 Å². The zero-order valence-corrected chi connectivity index (χ0v) is 16.0. The molecule has 1 heterocycles. The van der Waals surface area contributed by atoms with Gasteiger partial charge in [0.25, 0.3) is 0 Å². The van der Waals surface area contributed by atoms with Gasteiger partial charge in [-0.05, 0) is 49.2 Å². The molecule has 142 valence electrons. The summed E-state index contributed by atoms with van der Waals surface area (Å²) in [5.74, 6) is -0.650. The minimum Gasteiger partial charge on any atom is -0.465 e. The summed E-state index contributed by atoms with van der Waals surface area (Å²) in [5.41, 5.74) is 1.99. The number of carbonyl (C=O) groups is 2. The van der Waals surface area contributed by atoms with Crippen molar-refractivity contribution in [3.05, 3.63) is 64.7 Å². The van der Waals surface area contributed by atoms with Gasteiger partial charge in [-0.25, -0.2) is 4.79 Å². The summed E-state index contributed by atoms with van der Waals surface area (Å²) in [5, 5.41) is 3.62. The van der Waals surface area contributed by atoms with E-state index in [4.69, 9.17) is 16.3 Å². The molecule has 0 saturated carbocycles. The molecule has 1 unspecified atom stereocenters. The van der Waals surface area contributed by atoms with Crippen LogP contribution in [0.15, 0.2) is 48.5 Å². The number of nitrogens with one attached hydrogen (secondary N) is 1. The first-order chi connectivity index (χ1) is 13.1. The van der Waals surface area contributed by atoms with Gasteiger partial charge in [-0.2, -0.15) is 0 Å². The third-order valence-corrected chi connectivity index (χ3v) is 5.00. The lowest BCUT2D eigenvalue weighted by Gasteiger charge is -2.32. The topological polar surface area (TPSA) is 58.6 Å². The number of hydrogen-bond acceptors (Lipinski definition) is 4. The predicted molar refractivity (Wildman–Crippen MR) is 106 cm³/mol. The van der Waals surface area contributed by atoms with E-state index in [1.807, 2.05) is 24.3 Å².